The SMILES string of the molecule is CN(C1CCNCC1)S(=O)(=O)c1cnccn1. The molecule has 2 heterocycles. The molecule has 2 rings (SSSR count). The first-order chi connectivity index (χ1) is 8.12. The Morgan fingerprint density at radius 3 is 2.65 bits per heavy atom. The molecule has 0 saturated carbocycles. The van der Waals surface area contributed by atoms with Crippen molar-refractivity contribution < 1.29 is 8.42 Å². The van der Waals surface area contributed by atoms with Gasteiger partial charge in [-0.2, -0.15) is 4.31 Å². The fourth-order valence-corrected chi connectivity index (χ4v) is 3.22. The maximum atomic E-state index is 12.2. The summed E-state index contributed by atoms with van der Waals surface area (Å²) in [5.41, 5.74) is 0. The molecule has 0 aliphatic carbocycles. The Labute approximate surface area is 101 Å². The van der Waals surface area contributed by atoms with E-state index in [1.165, 1.54) is 22.9 Å². The average Bonchev–Trinajstić information content (AvgIpc) is 2.40. The van der Waals surface area contributed by atoms with Gasteiger partial charge in [0.15, 0.2) is 5.03 Å². The van der Waals surface area contributed by atoms with E-state index in [1.807, 2.05) is 0 Å². The van der Waals surface area contributed by atoms with Gasteiger partial charge < -0.3 is 5.32 Å². The van der Waals surface area contributed by atoms with E-state index >= 15 is 0 Å². The number of aromatic nitrogens is 2. The molecule has 0 atom stereocenters. The zero-order chi connectivity index (χ0) is 12.3. The molecule has 1 N–H and O–H groups in total. The van der Waals surface area contributed by atoms with E-state index < -0.39 is 10.0 Å². The van der Waals surface area contributed by atoms with Crippen molar-refractivity contribution in [1.82, 2.24) is 19.6 Å². The van der Waals surface area contributed by atoms with E-state index in [2.05, 4.69) is 15.3 Å². The molecule has 1 aliphatic heterocycles. The normalized spacial score (nSPS) is 18.5. The highest BCUT2D eigenvalue weighted by atomic mass is 32.2. The summed E-state index contributed by atoms with van der Waals surface area (Å²) in [6, 6.07) is 0.0447. The van der Waals surface area contributed by atoms with Gasteiger partial charge in [0.25, 0.3) is 10.0 Å². The molecule has 0 spiro atoms. The quantitative estimate of drug-likeness (QED) is 0.814. The van der Waals surface area contributed by atoms with Gasteiger partial charge in [-0.1, -0.05) is 0 Å². The molecule has 17 heavy (non-hydrogen) atoms. The molecule has 6 nitrogen and oxygen atoms in total. The van der Waals surface area contributed by atoms with Crippen molar-refractivity contribution in [2.75, 3.05) is 20.1 Å². The first-order valence-corrected chi connectivity index (χ1v) is 7.01. The lowest BCUT2D eigenvalue weighted by Crippen LogP contribution is -2.44. The summed E-state index contributed by atoms with van der Waals surface area (Å²) in [6.45, 7) is 1.70. The zero-order valence-corrected chi connectivity index (χ0v) is 10.5. The molecule has 1 aromatic heterocycles. The van der Waals surface area contributed by atoms with Gasteiger partial charge in [0.05, 0.1) is 6.20 Å². The summed E-state index contributed by atoms with van der Waals surface area (Å²) >= 11 is 0. The van der Waals surface area contributed by atoms with Crippen molar-refractivity contribution >= 4 is 10.0 Å². The van der Waals surface area contributed by atoms with Crippen molar-refractivity contribution in [2.24, 2.45) is 0 Å². The number of nitrogens with zero attached hydrogens (tertiary/aromatic N) is 3. The second-order valence-corrected chi connectivity index (χ2v) is 5.99. The molecular weight excluding hydrogens is 240 g/mol. The summed E-state index contributed by atoms with van der Waals surface area (Å²) in [7, 11) is -1.90. The minimum atomic E-state index is -3.51. The predicted molar refractivity (Wildman–Crippen MR) is 62.9 cm³/mol. The smallest absolute Gasteiger partial charge is 0.262 e. The van der Waals surface area contributed by atoms with Gasteiger partial charge in [-0.3, -0.25) is 4.98 Å². The van der Waals surface area contributed by atoms with Crippen LogP contribution in [0, 0.1) is 0 Å². The molecule has 0 unspecified atom stereocenters. The lowest BCUT2D eigenvalue weighted by atomic mass is 10.1. The largest absolute Gasteiger partial charge is 0.317 e. The van der Waals surface area contributed by atoms with Crippen LogP contribution in [0.25, 0.3) is 0 Å². The Morgan fingerprint density at radius 2 is 2.06 bits per heavy atom. The molecule has 0 radical (unpaired) electrons. The van der Waals surface area contributed by atoms with Crippen LogP contribution in [0.5, 0.6) is 0 Å². The highest BCUT2D eigenvalue weighted by Crippen LogP contribution is 2.18. The van der Waals surface area contributed by atoms with Gasteiger partial charge in [0, 0.05) is 25.5 Å². The van der Waals surface area contributed by atoms with Crippen LogP contribution < -0.4 is 5.32 Å². The third-order valence-electron chi connectivity index (χ3n) is 3.01. The van der Waals surface area contributed by atoms with Crippen LogP contribution in [0.2, 0.25) is 0 Å². The van der Waals surface area contributed by atoms with Crippen molar-refractivity contribution in [3.05, 3.63) is 18.6 Å². The third-order valence-corrected chi connectivity index (χ3v) is 4.80. The minimum Gasteiger partial charge on any atom is -0.317 e. The van der Waals surface area contributed by atoms with E-state index in [0.717, 1.165) is 25.9 Å². The van der Waals surface area contributed by atoms with Crippen molar-refractivity contribution in [2.45, 2.75) is 23.9 Å². The molecule has 1 aromatic rings. The van der Waals surface area contributed by atoms with Crippen molar-refractivity contribution in [1.29, 1.82) is 0 Å². The molecule has 7 heteroatoms. The van der Waals surface area contributed by atoms with E-state index in [1.54, 1.807) is 7.05 Å². The van der Waals surface area contributed by atoms with E-state index in [-0.39, 0.29) is 11.1 Å². The molecule has 1 saturated heterocycles. The van der Waals surface area contributed by atoms with Crippen LogP contribution in [-0.2, 0) is 10.0 Å². The molecule has 1 aliphatic rings. The lowest BCUT2D eigenvalue weighted by molar-refractivity contribution is 0.295. The maximum Gasteiger partial charge on any atom is 0.262 e. The first-order valence-electron chi connectivity index (χ1n) is 5.57. The van der Waals surface area contributed by atoms with Gasteiger partial charge in [-0.05, 0) is 25.9 Å². The second kappa shape index (κ2) is 5.07. The summed E-state index contributed by atoms with van der Waals surface area (Å²) in [6.07, 6.45) is 5.80. The molecular formula is C10H16N4O2S. The monoisotopic (exact) mass is 256 g/mol. The summed E-state index contributed by atoms with van der Waals surface area (Å²) < 4.78 is 25.9. The number of sulfonamides is 1. The Balaban J connectivity index is 2.20. The van der Waals surface area contributed by atoms with Gasteiger partial charge in [-0.25, -0.2) is 13.4 Å². The van der Waals surface area contributed by atoms with Crippen LogP contribution in [0.1, 0.15) is 12.8 Å². The predicted octanol–water partition coefficient (Wildman–Crippen LogP) is -0.151. The summed E-state index contributed by atoms with van der Waals surface area (Å²) in [5, 5.41) is 3.23. The van der Waals surface area contributed by atoms with Crippen molar-refractivity contribution in [3.8, 4) is 0 Å². The summed E-state index contributed by atoms with van der Waals surface area (Å²) in [5.74, 6) is 0. The second-order valence-electron chi connectivity index (χ2n) is 4.05. The van der Waals surface area contributed by atoms with Crippen LogP contribution in [0.4, 0.5) is 0 Å². The summed E-state index contributed by atoms with van der Waals surface area (Å²) in [4.78, 5) is 7.66. The molecule has 1 fully saturated rings. The average molecular weight is 256 g/mol. The Morgan fingerprint density at radius 1 is 1.35 bits per heavy atom. The fourth-order valence-electron chi connectivity index (χ4n) is 1.93. The van der Waals surface area contributed by atoms with E-state index in [9.17, 15) is 8.42 Å². The number of hydrogen-bond donors (Lipinski definition) is 1. The lowest BCUT2D eigenvalue weighted by Gasteiger charge is -2.30. The van der Waals surface area contributed by atoms with Gasteiger partial charge in [0.1, 0.15) is 0 Å². The highest BCUT2D eigenvalue weighted by molar-refractivity contribution is 7.89. The van der Waals surface area contributed by atoms with Crippen LogP contribution in [-0.4, -0.2) is 48.9 Å². The molecule has 0 bridgehead atoms. The highest BCUT2D eigenvalue weighted by Gasteiger charge is 2.29. The molecule has 94 valence electrons. The molecule has 0 amide bonds. The van der Waals surface area contributed by atoms with Gasteiger partial charge in [-0.15, -0.1) is 0 Å². The van der Waals surface area contributed by atoms with Crippen molar-refractivity contribution in [3.63, 3.8) is 0 Å². The van der Waals surface area contributed by atoms with E-state index in [4.69, 9.17) is 0 Å². The maximum absolute atomic E-state index is 12.2. The van der Waals surface area contributed by atoms with Crippen LogP contribution in [0.15, 0.2) is 23.6 Å². The van der Waals surface area contributed by atoms with Crippen LogP contribution >= 0.6 is 0 Å². The Hall–Kier alpha value is -1.05. The molecule has 0 aromatic carbocycles. The number of rotatable bonds is 3. The first kappa shape index (κ1) is 12.4. The number of piperidine rings is 1. The number of hydrogen-bond acceptors (Lipinski definition) is 5. The standard InChI is InChI=1S/C10H16N4O2S/c1-14(9-2-4-11-5-3-9)17(15,16)10-8-12-6-7-13-10/h6-9,11H,2-5H2,1H3. The topological polar surface area (TPSA) is 75.2 Å². The van der Waals surface area contributed by atoms with E-state index in [0.29, 0.717) is 0 Å². The Kier molecular flexibility index (Phi) is 3.70. The third kappa shape index (κ3) is 2.62. The van der Waals surface area contributed by atoms with Gasteiger partial charge in [0.2, 0.25) is 0 Å². The van der Waals surface area contributed by atoms with Gasteiger partial charge >= 0.3 is 0 Å². The van der Waals surface area contributed by atoms with Crippen LogP contribution in [0.3, 0.4) is 0 Å². The fraction of sp³-hybridized carbons (Fsp3) is 0.600. The Bertz CT molecular complexity index is 456. The number of nitrogens with one attached hydrogen (secondary N) is 1. The minimum absolute atomic E-state index is 0.0148. The zero-order valence-electron chi connectivity index (χ0n) is 9.70.